The third-order valence-electron chi connectivity index (χ3n) is 3.14. The monoisotopic (exact) mass is 305 g/mol. The van der Waals surface area contributed by atoms with Crippen LogP contribution < -0.4 is 10.1 Å². The third kappa shape index (κ3) is 4.38. The highest BCUT2D eigenvalue weighted by molar-refractivity contribution is 6.33. The molecule has 2 aromatic rings. The molecule has 3 nitrogen and oxygen atoms in total. The number of rotatable bonds is 7. The molecule has 2 N–H and O–H groups in total. The molecule has 0 fully saturated rings. The van der Waals surface area contributed by atoms with Crippen LogP contribution in [0.4, 0.5) is 5.69 Å². The van der Waals surface area contributed by atoms with Gasteiger partial charge in [0, 0.05) is 0 Å². The van der Waals surface area contributed by atoms with Crippen molar-refractivity contribution in [2.75, 3.05) is 18.5 Å². The summed E-state index contributed by atoms with van der Waals surface area (Å²) in [7, 11) is 0. The zero-order valence-corrected chi connectivity index (χ0v) is 12.8. The Kier molecular flexibility index (Phi) is 5.90. The predicted octanol–water partition coefficient (Wildman–Crippen LogP) is 4.27. The number of hydrogen-bond donors (Lipinski definition) is 2. The first kappa shape index (κ1) is 15.7. The summed E-state index contributed by atoms with van der Waals surface area (Å²) in [5.74, 6) is 0.843. The summed E-state index contributed by atoms with van der Waals surface area (Å²) in [5, 5.41) is 13.5. The highest BCUT2D eigenvalue weighted by Gasteiger charge is 2.11. The molecule has 112 valence electrons. The molecule has 1 atom stereocenters. The SMILES string of the molecule is CCCOc1ccc(C(CO)Nc2ccccc2Cl)cc1. The third-order valence-corrected chi connectivity index (χ3v) is 3.47. The molecule has 0 saturated carbocycles. The van der Waals surface area contributed by atoms with Crippen LogP contribution in [0.3, 0.4) is 0 Å². The molecular formula is C17H20ClNO2. The quantitative estimate of drug-likeness (QED) is 0.802. The Labute approximate surface area is 130 Å². The van der Waals surface area contributed by atoms with E-state index in [2.05, 4.69) is 12.2 Å². The minimum Gasteiger partial charge on any atom is -0.494 e. The van der Waals surface area contributed by atoms with Gasteiger partial charge in [-0.2, -0.15) is 0 Å². The summed E-state index contributed by atoms with van der Waals surface area (Å²) in [5.41, 5.74) is 1.80. The van der Waals surface area contributed by atoms with Crippen LogP contribution in [0.1, 0.15) is 24.9 Å². The second-order valence-electron chi connectivity index (χ2n) is 4.78. The van der Waals surface area contributed by atoms with Crippen molar-refractivity contribution >= 4 is 17.3 Å². The van der Waals surface area contributed by atoms with Gasteiger partial charge in [-0.25, -0.2) is 0 Å². The minimum atomic E-state index is -0.204. The Morgan fingerprint density at radius 1 is 1.14 bits per heavy atom. The highest BCUT2D eigenvalue weighted by atomic mass is 35.5. The summed E-state index contributed by atoms with van der Waals surface area (Å²) >= 11 is 6.13. The number of halogens is 1. The molecule has 0 aliphatic rings. The van der Waals surface area contributed by atoms with E-state index in [1.54, 1.807) is 0 Å². The Bertz CT molecular complexity index is 557. The van der Waals surface area contributed by atoms with Crippen molar-refractivity contribution in [1.29, 1.82) is 0 Å². The van der Waals surface area contributed by atoms with E-state index >= 15 is 0 Å². The van der Waals surface area contributed by atoms with Gasteiger partial charge in [-0.05, 0) is 36.2 Å². The van der Waals surface area contributed by atoms with Gasteiger partial charge in [-0.15, -0.1) is 0 Å². The number of benzene rings is 2. The van der Waals surface area contributed by atoms with E-state index in [4.69, 9.17) is 16.3 Å². The van der Waals surface area contributed by atoms with Crippen molar-refractivity contribution in [2.45, 2.75) is 19.4 Å². The van der Waals surface area contributed by atoms with E-state index in [-0.39, 0.29) is 12.6 Å². The summed E-state index contributed by atoms with van der Waals surface area (Å²) in [6, 6.07) is 15.0. The van der Waals surface area contributed by atoms with Gasteiger partial charge < -0.3 is 15.2 Å². The Morgan fingerprint density at radius 2 is 1.86 bits per heavy atom. The van der Waals surface area contributed by atoms with Crippen molar-refractivity contribution in [2.24, 2.45) is 0 Å². The van der Waals surface area contributed by atoms with E-state index < -0.39 is 0 Å². The van der Waals surface area contributed by atoms with E-state index in [1.807, 2.05) is 48.5 Å². The number of nitrogens with one attached hydrogen (secondary N) is 1. The first-order valence-corrected chi connectivity index (χ1v) is 7.47. The van der Waals surface area contributed by atoms with Gasteiger partial charge in [0.25, 0.3) is 0 Å². The normalized spacial score (nSPS) is 12.0. The van der Waals surface area contributed by atoms with Gasteiger partial charge in [-0.1, -0.05) is 42.8 Å². The van der Waals surface area contributed by atoms with Gasteiger partial charge >= 0.3 is 0 Å². The molecule has 0 bridgehead atoms. The summed E-state index contributed by atoms with van der Waals surface area (Å²) < 4.78 is 5.56. The number of aliphatic hydroxyl groups is 1. The maximum atomic E-state index is 9.61. The van der Waals surface area contributed by atoms with Crippen LogP contribution in [0.15, 0.2) is 48.5 Å². The van der Waals surface area contributed by atoms with Crippen molar-refractivity contribution in [3.8, 4) is 5.75 Å². The lowest BCUT2D eigenvalue weighted by atomic mass is 10.1. The van der Waals surface area contributed by atoms with E-state index in [0.29, 0.717) is 11.6 Å². The van der Waals surface area contributed by atoms with Crippen LogP contribution in [0.5, 0.6) is 5.75 Å². The Hall–Kier alpha value is -1.71. The van der Waals surface area contributed by atoms with Gasteiger partial charge in [-0.3, -0.25) is 0 Å². The highest BCUT2D eigenvalue weighted by Crippen LogP contribution is 2.26. The lowest BCUT2D eigenvalue weighted by molar-refractivity contribution is 0.276. The molecule has 2 rings (SSSR count). The van der Waals surface area contributed by atoms with Crippen molar-refractivity contribution in [3.05, 3.63) is 59.1 Å². The standard InChI is InChI=1S/C17H20ClNO2/c1-2-11-21-14-9-7-13(8-10-14)17(12-20)19-16-6-4-3-5-15(16)18/h3-10,17,19-20H,2,11-12H2,1H3. The van der Waals surface area contributed by atoms with Gasteiger partial charge in [0.05, 0.1) is 30.0 Å². The van der Waals surface area contributed by atoms with Crippen molar-refractivity contribution < 1.29 is 9.84 Å². The number of ether oxygens (including phenoxy) is 1. The number of hydrogen-bond acceptors (Lipinski definition) is 3. The van der Waals surface area contributed by atoms with Crippen LogP contribution in [0, 0.1) is 0 Å². The first-order valence-electron chi connectivity index (χ1n) is 7.09. The zero-order chi connectivity index (χ0) is 15.1. The summed E-state index contributed by atoms with van der Waals surface area (Å²) in [6.45, 7) is 2.77. The number of aliphatic hydroxyl groups excluding tert-OH is 1. The maximum absolute atomic E-state index is 9.61. The van der Waals surface area contributed by atoms with E-state index in [0.717, 1.165) is 23.4 Å². The van der Waals surface area contributed by atoms with Crippen molar-refractivity contribution in [3.63, 3.8) is 0 Å². The average molecular weight is 306 g/mol. The van der Waals surface area contributed by atoms with Crippen LogP contribution in [-0.4, -0.2) is 18.3 Å². The molecule has 4 heteroatoms. The molecule has 0 aliphatic carbocycles. The predicted molar refractivity (Wildman–Crippen MR) is 87.1 cm³/mol. The van der Waals surface area contributed by atoms with Gasteiger partial charge in [0.1, 0.15) is 5.75 Å². The smallest absolute Gasteiger partial charge is 0.119 e. The molecule has 21 heavy (non-hydrogen) atoms. The summed E-state index contributed by atoms with van der Waals surface area (Å²) in [4.78, 5) is 0. The maximum Gasteiger partial charge on any atom is 0.119 e. The number of para-hydroxylation sites is 1. The molecule has 0 aromatic heterocycles. The molecule has 2 aromatic carbocycles. The first-order chi connectivity index (χ1) is 10.2. The minimum absolute atomic E-state index is 0.0135. The van der Waals surface area contributed by atoms with Crippen LogP contribution in [-0.2, 0) is 0 Å². The van der Waals surface area contributed by atoms with E-state index in [1.165, 1.54) is 0 Å². The second-order valence-corrected chi connectivity index (χ2v) is 5.18. The van der Waals surface area contributed by atoms with Crippen molar-refractivity contribution in [1.82, 2.24) is 0 Å². The zero-order valence-electron chi connectivity index (χ0n) is 12.1. The molecule has 0 saturated heterocycles. The summed E-state index contributed by atoms with van der Waals surface area (Å²) in [6.07, 6.45) is 0.981. The van der Waals surface area contributed by atoms with Crippen LogP contribution in [0.2, 0.25) is 5.02 Å². The molecule has 0 amide bonds. The van der Waals surface area contributed by atoms with E-state index in [9.17, 15) is 5.11 Å². The topological polar surface area (TPSA) is 41.5 Å². The Balaban J connectivity index is 2.08. The number of anilines is 1. The molecule has 0 heterocycles. The largest absolute Gasteiger partial charge is 0.494 e. The lowest BCUT2D eigenvalue weighted by Gasteiger charge is -2.19. The molecular weight excluding hydrogens is 286 g/mol. The average Bonchev–Trinajstić information content (AvgIpc) is 2.53. The van der Waals surface area contributed by atoms with Gasteiger partial charge in [0.2, 0.25) is 0 Å². The lowest BCUT2D eigenvalue weighted by Crippen LogP contribution is -2.15. The fourth-order valence-corrected chi connectivity index (χ4v) is 2.21. The fraction of sp³-hybridized carbons (Fsp3) is 0.294. The van der Waals surface area contributed by atoms with Crippen LogP contribution in [0.25, 0.3) is 0 Å². The molecule has 1 unspecified atom stereocenters. The van der Waals surface area contributed by atoms with Gasteiger partial charge in [0.15, 0.2) is 0 Å². The molecule has 0 radical (unpaired) electrons. The Morgan fingerprint density at radius 3 is 2.48 bits per heavy atom. The molecule has 0 aliphatic heterocycles. The molecule has 0 spiro atoms. The van der Waals surface area contributed by atoms with Crippen LogP contribution >= 0.6 is 11.6 Å². The fourth-order valence-electron chi connectivity index (χ4n) is 2.02. The second kappa shape index (κ2) is 7.91.